The maximum absolute atomic E-state index is 12.5. The van der Waals surface area contributed by atoms with Gasteiger partial charge in [-0.1, -0.05) is 45.0 Å². The lowest BCUT2D eigenvalue weighted by molar-refractivity contribution is -0.147. The Morgan fingerprint density at radius 2 is 1.64 bits per heavy atom. The molecule has 0 aromatic heterocycles. The smallest absolute Gasteiger partial charge is 0.311 e. The number of carbonyl (C=O) groups is 4. The van der Waals surface area contributed by atoms with Crippen molar-refractivity contribution in [2.24, 2.45) is 5.92 Å². The van der Waals surface area contributed by atoms with Crippen LogP contribution in [0.2, 0.25) is 0 Å². The molecule has 0 bridgehead atoms. The number of carbonyl (C=O) groups excluding carboxylic acids is 4. The standard InChI is InChI=1S/C26H30N2O5/c1-16-6-7-19(12-17(16)2)22(29)15-33-25(32)20-13-23(30)28(14-20)27-24(31)18-8-10-21(11-9-18)26(3,4)5/h6-12,20H,13-15H2,1-5H3,(H,27,31). The molecule has 0 spiro atoms. The van der Waals surface area contributed by atoms with Gasteiger partial charge >= 0.3 is 5.97 Å². The minimum absolute atomic E-state index is 0.00130. The van der Waals surface area contributed by atoms with Gasteiger partial charge in [-0.3, -0.25) is 29.6 Å². The van der Waals surface area contributed by atoms with Crippen LogP contribution in [-0.4, -0.2) is 41.7 Å². The summed E-state index contributed by atoms with van der Waals surface area (Å²) >= 11 is 0. The molecule has 1 aliphatic heterocycles. The average molecular weight is 451 g/mol. The average Bonchev–Trinajstić information content (AvgIpc) is 3.13. The number of Topliss-reactive ketones (excluding diaryl/α,β-unsaturated/α-hetero) is 1. The third-order valence-electron chi connectivity index (χ3n) is 5.88. The summed E-state index contributed by atoms with van der Waals surface area (Å²) in [6.07, 6.45) is -0.0834. The molecule has 174 valence electrons. The molecule has 7 nitrogen and oxygen atoms in total. The van der Waals surface area contributed by atoms with Gasteiger partial charge in [-0.25, -0.2) is 0 Å². The molecule has 0 radical (unpaired) electrons. The minimum atomic E-state index is -0.742. The number of hydrogen-bond acceptors (Lipinski definition) is 5. The molecule has 1 saturated heterocycles. The first kappa shape index (κ1) is 24.2. The van der Waals surface area contributed by atoms with E-state index in [2.05, 4.69) is 26.2 Å². The molecule has 0 saturated carbocycles. The highest BCUT2D eigenvalue weighted by atomic mass is 16.5. The maximum Gasteiger partial charge on any atom is 0.311 e. The zero-order valence-electron chi connectivity index (χ0n) is 19.7. The Morgan fingerprint density at radius 1 is 1.00 bits per heavy atom. The molecule has 1 aliphatic rings. The predicted octanol–water partition coefficient (Wildman–Crippen LogP) is 3.52. The highest BCUT2D eigenvalue weighted by molar-refractivity contribution is 5.99. The first-order chi connectivity index (χ1) is 15.5. The fourth-order valence-corrected chi connectivity index (χ4v) is 3.54. The molecule has 1 fully saturated rings. The third-order valence-corrected chi connectivity index (χ3v) is 5.88. The lowest BCUT2D eigenvalue weighted by atomic mass is 9.87. The Labute approximate surface area is 194 Å². The van der Waals surface area contributed by atoms with Crippen LogP contribution in [0.5, 0.6) is 0 Å². The van der Waals surface area contributed by atoms with Crippen LogP contribution >= 0.6 is 0 Å². The number of benzene rings is 2. The van der Waals surface area contributed by atoms with Gasteiger partial charge in [-0.2, -0.15) is 0 Å². The van der Waals surface area contributed by atoms with Crippen LogP contribution in [0.4, 0.5) is 0 Å². The van der Waals surface area contributed by atoms with Crippen LogP contribution in [0, 0.1) is 19.8 Å². The lowest BCUT2D eigenvalue weighted by Gasteiger charge is -2.20. The number of amides is 2. The second kappa shape index (κ2) is 9.57. The highest BCUT2D eigenvalue weighted by Crippen LogP contribution is 2.23. The molecule has 1 unspecified atom stereocenters. The van der Waals surface area contributed by atoms with Gasteiger partial charge in [-0.15, -0.1) is 0 Å². The van der Waals surface area contributed by atoms with Crippen LogP contribution in [0.25, 0.3) is 0 Å². The SMILES string of the molecule is Cc1ccc(C(=O)COC(=O)C2CC(=O)N(NC(=O)c3ccc(C(C)(C)C)cc3)C2)cc1C. The van der Waals surface area contributed by atoms with E-state index in [0.29, 0.717) is 11.1 Å². The quantitative estimate of drug-likeness (QED) is 0.537. The number of nitrogens with zero attached hydrogens (tertiary/aromatic N) is 1. The molecule has 33 heavy (non-hydrogen) atoms. The summed E-state index contributed by atoms with van der Waals surface area (Å²) in [7, 11) is 0. The lowest BCUT2D eigenvalue weighted by Crippen LogP contribution is -2.43. The summed E-state index contributed by atoms with van der Waals surface area (Å²) in [4.78, 5) is 49.6. The number of ether oxygens (including phenoxy) is 1. The summed E-state index contributed by atoms with van der Waals surface area (Å²) in [5, 5.41) is 1.14. The van der Waals surface area contributed by atoms with E-state index in [9.17, 15) is 19.2 Å². The molecule has 1 atom stereocenters. The fraction of sp³-hybridized carbons (Fsp3) is 0.385. The normalized spacial score (nSPS) is 16.0. The van der Waals surface area contributed by atoms with Crippen molar-refractivity contribution in [1.82, 2.24) is 10.4 Å². The van der Waals surface area contributed by atoms with Crippen molar-refractivity contribution in [3.05, 3.63) is 70.3 Å². The van der Waals surface area contributed by atoms with Crippen molar-refractivity contribution in [1.29, 1.82) is 0 Å². The Balaban J connectivity index is 1.53. The van der Waals surface area contributed by atoms with E-state index in [0.717, 1.165) is 21.7 Å². The molecular weight excluding hydrogens is 420 g/mol. The second-order valence-electron chi connectivity index (χ2n) is 9.50. The molecular formula is C26H30N2O5. The summed E-state index contributed by atoms with van der Waals surface area (Å²) in [6.45, 7) is 9.72. The number of aryl methyl sites for hydroxylation is 2. The Morgan fingerprint density at radius 3 is 2.24 bits per heavy atom. The van der Waals surface area contributed by atoms with Gasteiger partial charge in [-0.05, 0) is 54.2 Å². The topological polar surface area (TPSA) is 92.8 Å². The molecule has 1 N–H and O–H groups in total. The van der Waals surface area contributed by atoms with Crippen LogP contribution in [0.15, 0.2) is 42.5 Å². The van der Waals surface area contributed by atoms with E-state index in [-0.39, 0.29) is 30.1 Å². The van der Waals surface area contributed by atoms with Gasteiger partial charge in [0, 0.05) is 17.5 Å². The molecule has 2 amide bonds. The number of hydrogen-bond donors (Lipinski definition) is 1. The summed E-state index contributed by atoms with van der Waals surface area (Å²) in [5.74, 6) is -2.49. The Kier molecular flexibility index (Phi) is 7.01. The van der Waals surface area contributed by atoms with Crippen molar-refractivity contribution in [3.63, 3.8) is 0 Å². The van der Waals surface area contributed by atoms with E-state index >= 15 is 0 Å². The summed E-state index contributed by atoms with van der Waals surface area (Å²) in [6, 6.07) is 12.5. The van der Waals surface area contributed by atoms with Crippen LogP contribution in [0.1, 0.15) is 64.6 Å². The van der Waals surface area contributed by atoms with Gasteiger partial charge in [0.15, 0.2) is 12.4 Å². The van der Waals surface area contributed by atoms with Crippen LogP contribution in [-0.2, 0) is 19.7 Å². The van der Waals surface area contributed by atoms with Gasteiger partial charge < -0.3 is 4.74 Å². The van der Waals surface area contributed by atoms with E-state index in [1.807, 2.05) is 32.0 Å². The number of nitrogens with one attached hydrogen (secondary N) is 1. The Hall–Kier alpha value is -3.48. The zero-order chi connectivity index (χ0) is 24.3. The van der Waals surface area contributed by atoms with Crippen molar-refractivity contribution < 1.29 is 23.9 Å². The van der Waals surface area contributed by atoms with E-state index < -0.39 is 24.4 Å². The van der Waals surface area contributed by atoms with Gasteiger partial charge in [0.25, 0.3) is 5.91 Å². The maximum atomic E-state index is 12.5. The fourth-order valence-electron chi connectivity index (χ4n) is 3.54. The van der Waals surface area contributed by atoms with E-state index in [1.165, 1.54) is 0 Å². The monoisotopic (exact) mass is 450 g/mol. The van der Waals surface area contributed by atoms with Gasteiger partial charge in [0.1, 0.15) is 0 Å². The third kappa shape index (κ3) is 5.86. The Bertz CT molecular complexity index is 1080. The van der Waals surface area contributed by atoms with Crippen LogP contribution in [0.3, 0.4) is 0 Å². The number of hydrazine groups is 1. The van der Waals surface area contributed by atoms with E-state index in [1.54, 1.807) is 24.3 Å². The van der Waals surface area contributed by atoms with Crippen molar-refractivity contribution in [3.8, 4) is 0 Å². The number of esters is 1. The van der Waals surface area contributed by atoms with Crippen LogP contribution < -0.4 is 5.43 Å². The number of rotatable bonds is 6. The number of ketones is 1. The molecule has 7 heteroatoms. The van der Waals surface area contributed by atoms with Gasteiger partial charge in [0.2, 0.25) is 5.91 Å². The van der Waals surface area contributed by atoms with Crippen molar-refractivity contribution in [2.45, 2.75) is 46.5 Å². The van der Waals surface area contributed by atoms with Gasteiger partial charge in [0.05, 0.1) is 12.5 Å². The summed E-state index contributed by atoms with van der Waals surface area (Å²) in [5.41, 5.74) is 6.56. The zero-order valence-corrected chi connectivity index (χ0v) is 19.7. The second-order valence-corrected chi connectivity index (χ2v) is 9.50. The molecule has 2 aromatic carbocycles. The molecule has 3 rings (SSSR count). The van der Waals surface area contributed by atoms with Crippen molar-refractivity contribution in [2.75, 3.05) is 13.2 Å². The molecule has 2 aromatic rings. The predicted molar refractivity (Wildman–Crippen MR) is 124 cm³/mol. The molecule has 1 heterocycles. The molecule has 0 aliphatic carbocycles. The minimum Gasteiger partial charge on any atom is -0.457 e. The summed E-state index contributed by atoms with van der Waals surface area (Å²) < 4.78 is 5.16. The van der Waals surface area contributed by atoms with Crippen molar-refractivity contribution >= 4 is 23.6 Å². The van der Waals surface area contributed by atoms with E-state index in [4.69, 9.17) is 4.74 Å². The largest absolute Gasteiger partial charge is 0.457 e. The highest BCUT2D eigenvalue weighted by Gasteiger charge is 2.36. The first-order valence-corrected chi connectivity index (χ1v) is 10.9. The first-order valence-electron chi connectivity index (χ1n) is 10.9.